The van der Waals surface area contributed by atoms with E-state index in [-0.39, 0.29) is 24.5 Å². The number of hydrogen-bond donors (Lipinski definition) is 8. The molecule has 11 nitrogen and oxygen atoms in total. The number of amides is 3. The number of nitrogens with two attached hydrogens (primary N) is 2. The lowest BCUT2D eigenvalue weighted by molar-refractivity contribution is -0.141. The quantitative estimate of drug-likeness (QED) is 0.112. The Labute approximate surface area is 228 Å². The number of H-pyrrole nitrogens is 1. The molecule has 1 heterocycles. The van der Waals surface area contributed by atoms with Crippen molar-refractivity contribution in [3.05, 3.63) is 36.0 Å². The van der Waals surface area contributed by atoms with Crippen LogP contribution >= 0.6 is 12.6 Å². The molecule has 2 aromatic rings. The van der Waals surface area contributed by atoms with Crippen molar-refractivity contribution in [2.45, 2.75) is 70.1 Å². The molecule has 0 saturated heterocycles. The molecule has 0 aliphatic carbocycles. The molecule has 0 aliphatic rings. The molecule has 1 aromatic heterocycles. The molecule has 0 saturated carbocycles. The van der Waals surface area contributed by atoms with Crippen molar-refractivity contribution < 1.29 is 24.3 Å². The van der Waals surface area contributed by atoms with Crippen LogP contribution in [0.5, 0.6) is 0 Å². The Bertz CT molecular complexity index is 1090. The Hall–Kier alpha value is -3.09. The van der Waals surface area contributed by atoms with E-state index >= 15 is 0 Å². The van der Waals surface area contributed by atoms with E-state index in [0.717, 1.165) is 16.5 Å². The zero-order valence-electron chi connectivity index (χ0n) is 21.9. The highest BCUT2D eigenvalue weighted by Gasteiger charge is 2.30. The predicted molar refractivity (Wildman–Crippen MR) is 150 cm³/mol. The molecule has 0 spiro atoms. The number of para-hydroxylation sites is 1. The highest BCUT2D eigenvalue weighted by molar-refractivity contribution is 7.80. The van der Waals surface area contributed by atoms with E-state index in [1.54, 1.807) is 0 Å². The fourth-order valence-electron chi connectivity index (χ4n) is 4.10. The number of aliphatic carboxylic acids is 1. The number of aromatic amines is 1. The molecule has 0 bridgehead atoms. The van der Waals surface area contributed by atoms with Gasteiger partial charge in [0, 0.05) is 22.9 Å². The summed E-state index contributed by atoms with van der Waals surface area (Å²) in [5.41, 5.74) is 13.6. The number of carbonyl (C=O) groups is 4. The molecule has 210 valence electrons. The maximum atomic E-state index is 13.3. The first-order chi connectivity index (χ1) is 18.1. The first-order valence-corrected chi connectivity index (χ1v) is 13.5. The Kier molecular flexibility index (Phi) is 12.6. The molecule has 12 heteroatoms. The Morgan fingerprint density at radius 2 is 1.61 bits per heavy atom. The minimum Gasteiger partial charge on any atom is -0.480 e. The molecule has 0 fully saturated rings. The summed E-state index contributed by atoms with van der Waals surface area (Å²) in [6.07, 6.45) is 3.89. The van der Waals surface area contributed by atoms with Crippen molar-refractivity contribution in [2.24, 2.45) is 17.4 Å². The number of hydrogen-bond acceptors (Lipinski definition) is 7. The first kappa shape index (κ1) is 31.1. The van der Waals surface area contributed by atoms with Gasteiger partial charge in [-0.1, -0.05) is 32.0 Å². The number of thiol groups is 1. The number of rotatable bonds is 16. The summed E-state index contributed by atoms with van der Waals surface area (Å²) in [4.78, 5) is 53.6. The third-order valence-corrected chi connectivity index (χ3v) is 6.53. The highest BCUT2D eigenvalue weighted by Crippen LogP contribution is 2.19. The summed E-state index contributed by atoms with van der Waals surface area (Å²) < 4.78 is 0. The van der Waals surface area contributed by atoms with E-state index < -0.39 is 47.9 Å². The molecule has 3 amide bonds. The summed E-state index contributed by atoms with van der Waals surface area (Å²) in [6.45, 7) is 4.19. The van der Waals surface area contributed by atoms with Gasteiger partial charge in [0.2, 0.25) is 17.7 Å². The number of carbonyl (C=O) groups excluding carboxylic acids is 3. The van der Waals surface area contributed by atoms with E-state index in [2.05, 4.69) is 33.6 Å². The van der Waals surface area contributed by atoms with Crippen LogP contribution < -0.4 is 27.4 Å². The predicted octanol–water partition coefficient (Wildman–Crippen LogP) is 0.682. The summed E-state index contributed by atoms with van der Waals surface area (Å²) in [5, 5.41) is 18.1. The summed E-state index contributed by atoms with van der Waals surface area (Å²) >= 11 is 3.97. The second-order valence-electron chi connectivity index (χ2n) is 9.79. The lowest BCUT2D eigenvalue weighted by atomic mass is 10.0. The van der Waals surface area contributed by atoms with Crippen molar-refractivity contribution >= 4 is 47.2 Å². The van der Waals surface area contributed by atoms with Crippen LogP contribution in [0.2, 0.25) is 0 Å². The van der Waals surface area contributed by atoms with Crippen molar-refractivity contribution in [1.82, 2.24) is 20.9 Å². The number of aromatic nitrogens is 1. The third kappa shape index (κ3) is 9.34. The third-order valence-electron chi connectivity index (χ3n) is 6.17. The van der Waals surface area contributed by atoms with Crippen molar-refractivity contribution in [2.75, 3.05) is 12.3 Å². The standard InChI is InChI=1S/C26H40N6O5S/c1-15(2)11-21(25(35)32-22(14-38)26(36)37)31-24(34)20(9-5-6-10-27)30-23(33)18(28)12-16-13-29-19-8-4-3-7-17(16)19/h3-4,7-8,13,15,18,20-22,29,38H,5-6,9-12,14,27-28H2,1-2H3,(H,30,33)(H,31,34)(H,32,35)(H,36,37). The van der Waals surface area contributed by atoms with Crippen LogP contribution in [0.4, 0.5) is 0 Å². The SMILES string of the molecule is CC(C)CC(NC(=O)C(CCCCN)NC(=O)C(N)Cc1c[nH]c2ccccc12)C(=O)NC(CS)C(=O)O. The fraction of sp³-hybridized carbons (Fsp3) is 0.538. The summed E-state index contributed by atoms with van der Waals surface area (Å²) in [6, 6.07) is 3.66. The number of fused-ring (bicyclic) bond motifs is 1. The molecule has 4 unspecified atom stereocenters. The van der Waals surface area contributed by atoms with Gasteiger partial charge >= 0.3 is 5.97 Å². The zero-order chi connectivity index (χ0) is 28.2. The lowest BCUT2D eigenvalue weighted by Crippen LogP contribution is -2.57. The van der Waals surface area contributed by atoms with Gasteiger partial charge in [0.25, 0.3) is 0 Å². The Morgan fingerprint density at radius 1 is 0.974 bits per heavy atom. The largest absolute Gasteiger partial charge is 0.480 e. The lowest BCUT2D eigenvalue weighted by Gasteiger charge is -2.26. The Morgan fingerprint density at radius 3 is 2.24 bits per heavy atom. The minimum atomic E-state index is -1.22. The van der Waals surface area contributed by atoms with E-state index in [1.165, 1.54) is 0 Å². The van der Waals surface area contributed by atoms with Gasteiger partial charge in [-0.3, -0.25) is 14.4 Å². The normalized spacial score (nSPS) is 14.5. The second kappa shape index (κ2) is 15.4. The maximum absolute atomic E-state index is 13.3. The van der Waals surface area contributed by atoms with Crippen LogP contribution in [0.25, 0.3) is 10.9 Å². The van der Waals surface area contributed by atoms with Gasteiger partial charge in [-0.2, -0.15) is 12.6 Å². The van der Waals surface area contributed by atoms with Crippen molar-refractivity contribution in [3.8, 4) is 0 Å². The molecule has 1 aromatic carbocycles. The molecule has 0 aliphatic heterocycles. The average molecular weight is 549 g/mol. The number of carboxylic acids is 1. The van der Waals surface area contributed by atoms with E-state index in [1.807, 2.05) is 44.3 Å². The number of benzene rings is 1. The average Bonchev–Trinajstić information content (AvgIpc) is 3.28. The van der Waals surface area contributed by atoms with Gasteiger partial charge in [-0.25, -0.2) is 4.79 Å². The van der Waals surface area contributed by atoms with Crippen molar-refractivity contribution in [3.63, 3.8) is 0 Å². The van der Waals surface area contributed by atoms with E-state index in [4.69, 9.17) is 11.5 Å². The minimum absolute atomic E-state index is 0.0280. The molecular weight excluding hydrogens is 508 g/mol. The van der Waals surface area contributed by atoms with Crippen LogP contribution in [0, 0.1) is 5.92 Å². The molecule has 2 rings (SSSR count). The smallest absolute Gasteiger partial charge is 0.327 e. The van der Waals surface area contributed by atoms with E-state index in [9.17, 15) is 24.3 Å². The topological polar surface area (TPSA) is 192 Å². The number of unbranched alkanes of at least 4 members (excludes halogenated alkanes) is 1. The van der Waals surface area contributed by atoms with Crippen molar-refractivity contribution in [1.29, 1.82) is 0 Å². The van der Waals surface area contributed by atoms with E-state index in [0.29, 0.717) is 25.8 Å². The van der Waals surface area contributed by atoms with Crippen LogP contribution in [-0.2, 0) is 25.6 Å². The van der Waals surface area contributed by atoms with Crippen LogP contribution in [-0.4, -0.2) is 70.2 Å². The van der Waals surface area contributed by atoms with Gasteiger partial charge in [-0.15, -0.1) is 0 Å². The Balaban J connectivity index is 2.12. The van der Waals surface area contributed by atoms with Crippen LogP contribution in [0.15, 0.2) is 30.5 Å². The number of carboxylic acid groups (broad SMARTS) is 1. The summed E-state index contributed by atoms with van der Waals surface area (Å²) in [5.74, 6) is -2.96. The second-order valence-corrected chi connectivity index (χ2v) is 10.2. The van der Waals surface area contributed by atoms with Gasteiger partial charge in [0.15, 0.2) is 0 Å². The molecule has 38 heavy (non-hydrogen) atoms. The first-order valence-electron chi connectivity index (χ1n) is 12.8. The van der Waals surface area contributed by atoms with Crippen LogP contribution in [0.1, 0.15) is 45.1 Å². The molecule has 9 N–H and O–H groups in total. The zero-order valence-corrected chi connectivity index (χ0v) is 22.8. The summed E-state index contributed by atoms with van der Waals surface area (Å²) in [7, 11) is 0. The molecule has 4 atom stereocenters. The fourth-order valence-corrected chi connectivity index (χ4v) is 4.35. The van der Waals surface area contributed by atoms with Gasteiger partial charge in [-0.05, 0) is 56.2 Å². The molecular formula is C26H40N6O5S. The maximum Gasteiger partial charge on any atom is 0.327 e. The van der Waals surface area contributed by atoms with Gasteiger partial charge in [0.05, 0.1) is 6.04 Å². The van der Waals surface area contributed by atoms with Gasteiger partial charge in [0.1, 0.15) is 18.1 Å². The number of nitrogens with one attached hydrogen (secondary N) is 4. The van der Waals surface area contributed by atoms with Crippen LogP contribution in [0.3, 0.4) is 0 Å². The molecule has 0 radical (unpaired) electrons. The highest BCUT2D eigenvalue weighted by atomic mass is 32.1. The monoisotopic (exact) mass is 548 g/mol. The van der Waals surface area contributed by atoms with Gasteiger partial charge < -0.3 is 37.5 Å².